The second-order valence-corrected chi connectivity index (χ2v) is 5.13. The van der Waals surface area contributed by atoms with E-state index in [1.165, 1.54) is 13.0 Å². The van der Waals surface area contributed by atoms with Crippen molar-refractivity contribution in [2.24, 2.45) is 0 Å². The minimum Gasteiger partial charge on any atom is -0.381 e. The van der Waals surface area contributed by atoms with Crippen molar-refractivity contribution in [3.63, 3.8) is 0 Å². The Morgan fingerprint density at radius 1 is 1.32 bits per heavy atom. The van der Waals surface area contributed by atoms with Crippen LogP contribution in [0.5, 0.6) is 0 Å². The van der Waals surface area contributed by atoms with Crippen LogP contribution in [0.25, 0.3) is 6.08 Å². The Kier molecular flexibility index (Phi) is 6.95. The number of hydrogen-bond acceptors (Lipinski definition) is 4. The van der Waals surface area contributed by atoms with Crippen LogP contribution in [0, 0.1) is 4.51 Å². The summed E-state index contributed by atoms with van der Waals surface area (Å²) < 4.78 is 0.414. The van der Waals surface area contributed by atoms with Crippen LogP contribution in [-0.2, 0) is 0 Å². The van der Waals surface area contributed by atoms with Gasteiger partial charge in [-0.2, -0.15) is 0 Å². The minimum absolute atomic E-state index is 0.0360. The first-order valence-electron chi connectivity index (χ1n) is 7.07. The standard InChI is InChI=1S/C15H24N2OS/c1-4-10-17(6-3)11-8-7-9-16-13-12(5-2)15(19)14(13)18/h5,16H,2,4,6-11H2,1,3H3. The molecule has 0 saturated carbocycles. The quantitative estimate of drug-likeness (QED) is 0.527. The Hall–Kier alpha value is -1.00. The summed E-state index contributed by atoms with van der Waals surface area (Å²) in [5.41, 5.74) is 1.42. The molecule has 0 aliphatic rings. The fourth-order valence-corrected chi connectivity index (χ4v) is 2.48. The Balaban J connectivity index is 2.24. The number of nitrogens with zero attached hydrogens (tertiary/aromatic N) is 1. The second kappa shape index (κ2) is 8.23. The molecule has 1 N–H and O–H groups in total. The fourth-order valence-electron chi connectivity index (χ4n) is 2.20. The highest BCUT2D eigenvalue weighted by atomic mass is 32.1. The number of rotatable bonds is 10. The SMILES string of the molecule is C=Cc1c(NCCCCN(CC)CCC)c(=O)c1=S. The molecule has 3 nitrogen and oxygen atoms in total. The largest absolute Gasteiger partial charge is 0.381 e. The van der Waals surface area contributed by atoms with Crippen LogP contribution < -0.4 is 10.7 Å². The lowest BCUT2D eigenvalue weighted by molar-refractivity contribution is 0.283. The summed E-state index contributed by atoms with van der Waals surface area (Å²) in [6, 6.07) is 0. The monoisotopic (exact) mass is 280 g/mol. The molecule has 0 fully saturated rings. The average Bonchev–Trinajstić information content (AvgIpc) is 2.43. The van der Waals surface area contributed by atoms with Crippen molar-refractivity contribution >= 4 is 24.0 Å². The highest BCUT2D eigenvalue weighted by molar-refractivity contribution is 7.71. The highest BCUT2D eigenvalue weighted by Gasteiger charge is 2.13. The number of anilines is 1. The van der Waals surface area contributed by atoms with E-state index >= 15 is 0 Å². The van der Waals surface area contributed by atoms with Crippen molar-refractivity contribution in [2.45, 2.75) is 33.1 Å². The average molecular weight is 280 g/mol. The smallest absolute Gasteiger partial charge is 0.220 e. The van der Waals surface area contributed by atoms with Crippen LogP contribution in [-0.4, -0.2) is 31.1 Å². The van der Waals surface area contributed by atoms with Crippen LogP contribution in [0.3, 0.4) is 0 Å². The van der Waals surface area contributed by atoms with Crippen LogP contribution in [0.15, 0.2) is 11.4 Å². The third kappa shape index (κ3) is 4.25. The molecule has 0 spiro atoms. The zero-order valence-electron chi connectivity index (χ0n) is 12.0. The van der Waals surface area contributed by atoms with Gasteiger partial charge in [0.15, 0.2) is 0 Å². The number of nitrogens with one attached hydrogen (secondary N) is 1. The summed E-state index contributed by atoms with van der Waals surface area (Å²) in [5, 5.41) is 3.18. The third-order valence-electron chi connectivity index (χ3n) is 3.34. The summed E-state index contributed by atoms with van der Waals surface area (Å²) in [5.74, 6) is 0. The van der Waals surface area contributed by atoms with Crippen LogP contribution in [0.4, 0.5) is 5.69 Å². The summed E-state index contributed by atoms with van der Waals surface area (Å²) >= 11 is 4.96. The van der Waals surface area contributed by atoms with Gasteiger partial charge in [-0.3, -0.25) is 4.79 Å². The predicted octanol–water partition coefficient (Wildman–Crippen LogP) is 3.22. The Labute approximate surface area is 121 Å². The molecule has 0 saturated heterocycles. The lowest BCUT2D eigenvalue weighted by Gasteiger charge is -2.19. The van der Waals surface area contributed by atoms with Gasteiger partial charge in [-0.25, -0.2) is 0 Å². The van der Waals surface area contributed by atoms with E-state index in [4.69, 9.17) is 12.2 Å². The van der Waals surface area contributed by atoms with Crippen molar-refractivity contribution in [2.75, 3.05) is 31.5 Å². The van der Waals surface area contributed by atoms with Crippen LogP contribution in [0.1, 0.15) is 38.7 Å². The molecule has 1 rings (SSSR count). The second-order valence-electron chi connectivity index (χ2n) is 4.72. The predicted molar refractivity (Wildman–Crippen MR) is 86.1 cm³/mol. The Bertz CT molecular complexity index is 475. The minimum atomic E-state index is -0.0360. The molecular formula is C15H24N2OS. The van der Waals surface area contributed by atoms with Crippen molar-refractivity contribution in [3.8, 4) is 0 Å². The van der Waals surface area contributed by atoms with Gasteiger partial charge in [0.05, 0.1) is 10.2 Å². The van der Waals surface area contributed by atoms with Crippen molar-refractivity contribution in [1.82, 2.24) is 4.90 Å². The van der Waals surface area contributed by atoms with E-state index in [1.807, 2.05) is 0 Å². The van der Waals surface area contributed by atoms with Gasteiger partial charge in [0.1, 0.15) is 0 Å². The van der Waals surface area contributed by atoms with Crippen LogP contribution in [0.2, 0.25) is 0 Å². The van der Waals surface area contributed by atoms with Gasteiger partial charge in [0.2, 0.25) is 5.43 Å². The molecule has 0 aromatic heterocycles. The lowest BCUT2D eigenvalue weighted by atomic mass is 10.1. The molecule has 19 heavy (non-hydrogen) atoms. The molecule has 0 atom stereocenters. The molecule has 0 amide bonds. The van der Waals surface area contributed by atoms with Gasteiger partial charge in [-0.1, -0.05) is 38.7 Å². The lowest BCUT2D eigenvalue weighted by Crippen LogP contribution is -2.26. The first-order chi connectivity index (χ1) is 9.15. The zero-order chi connectivity index (χ0) is 14.3. The van der Waals surface area contributed by atoms with Gasteiger partial charge in [-0.15, -0.1) is 0 Å². The summed E-state index contributed by atoms with van der Waals surface area (Å²) in [7, 11) is 0. The molecule has 106 valence electrons. The van der Waals surface area contributed by atoms with E-state index in [0.29, 0.717) is 10.2 Å². The Morgan fingerprint density at radius 2 is 2.05 bits per heavy atom. The van der Waals surface area contributed by atoms with E-state index in [9.17, 15) is 4.79 Å². The molecule has 4 heteroatoms. The summed E-state index contributed by atoms with van der Waals surface area (Å²) in [4.78, 5) is 14.0. The van der Waals surface area contributed by atoms with E-state index in [2.05, 4.69) is 30.6 Å². The maximum absolute atomic E-state index is 11.5. The molecule has 0 radical (unpaired) electrons. The normalized spacial score (nSPS) is 11.1. The van der Waals surface area contributed by atoms with Gasteiger partial charge in [-0.05, 0) is 38.9 Å². The first-order valence-corrected chi connectivity index (χ1v) is 7.48. The fraction of sp³-hybridized carbons (Fsp3) is 0.600. The van der Waals surface area contributed by atoms with E-state index < -0.39 is 0 Å². The summed E-state index contributed by atoms with van der Waals surface area (Å²) in [6.07, 6.45) is 5.07. The van der Waals surface area contributed by atoms with Gasteiger partial charge < -0.3 is 10.2 Å². The molecule has 0 bridgehead atoms. The van der Waals surface area contributed by atoms with E-state index in [-0.39, 0.29) is 5.43 Å². The molecule has 1 aromatic carbocycles. The molecular weight excluding hydrogens is 256 g/mol. The number of hydrogen-bond donors (Lipinski definition) is 1. The van der Waals surface area contributed by atoms with Crippen molar-refractivity contribution in [1.29, 1.82) is 0 Å². The number of unbranched alkanes of at least 4 members (excludes halogenated alkanes) is 1. The zero-order valence-corrected chi connectivity index (χ0v) is 12.8. The van der Waals surface area contributed by atoms with Gasteiger partial charge in [0, 0.05) is 12.1 Å². The van der Waals surface area contributed by atoms with Crippen molar-refractivity contribution in [3.05, 3.63) is 26.9 Å². The molecule has 0 unspecified atom stereocenters. The molecule has 0 heterocycles. The third-order valence-corrected chi connectivity index (χ3v) is 3.75. The maximum Gasteiger partial charge on any atom is 0.220 e. The van der Waals surface area contributed by atoms with Gasteiger partial charge >= 0.3 is 0 Å². The van der Waals surface area contributed by atoms with Gasteiger partial charge in [0.25, 0.3) is 0 Å². The van der Waals surface area contributed by atoms with Crippen molar-refractivity contribution < 1.29 is 0 Å². The maximum atomic E-state index is 11.5. The summed E-state index contributed by atoms with van der Waals surface area (Å²) in [6.45, 7) is 12.3. The van der Waals surface area contributed by atoms with E-state index in [1.54, 1.807) is 6.08 Å². The van der Waals surface area contributed by atoms with E-state index in [0.717, 1.165) is 38.0 Å². The Morgan fingerprint density at radius 3 is 2.63 bits per heavy atom. The van der Waals surface area contributed by atoms with Crippen LogP contribution >= 0.6 is 12.2 Å². The first kappa shape index (κ1) is 16.1. The molecule has 0 aliphatic carbocycles. The highest BCUT2D eigenvalue weighted by Crippen LogP contribution is 2.17. The molecule has 1 aromatic rings. The topological polar surface area (TPSA) is 32.3 Å². The molecule has 0 aliphatic heterocycles.